The van der Waals surface area contributed by atoms with Crippen LogP contribution >= 0.6 is 0 Å². The molecule has 0 radical (unpaired) electrons. The van der Waals surface area contributed by atoms with Crippen molar-refractivity contribution in [1.29, 1.82) is 5.26 Å². The molecule has 0 spiro atoms. The van der Waals surface area contributed by atoms with Crippen molar-refractivity contribution in [2.45, 2.75) is 31.3 Å². The van der Waals surface area contributed by atoms with Gasteiger partial charge in [0.25, 0.3) is 0 Å². The predicted molar refractivity (Wildman–Crippen MR) is 90.3 cm³/mol. The van der Waals surface area contributed by atoms with Gasteiger partial charge in [-0.25, -0.2) is 4.98 Å². The molecule has 1 atom stereocenters. The minimum Gasteiger partial charge on any atom is -0.365 e. The molecule has 4 rings (SSSR count). The molecule has 120 valence electrons. The van der Waals surface area contributed by atoms with Gasteiger partial charge in [0, 0.05) is 25.2 Å². The van der Waals surface area contributed by atoms with Gasteiger partial charge in [0.15, 0.2) is 0 Å². The van der Waals surface area contributed by atoms with Gasteiger partial charge in [-0.05, 0) is 36.1 Å². The number of aromatic nitrogens is 1. The van der Waals surface area contributed by atoms with Gasteiger partial charge in [-0.2, -0.15) is 5.26 Å². The number of hydrogen-bond donors (Lipinski definition) is 1. The first-order chi connectivity index (χ1) is 11.7. The minimum absolute atomic E-state index is 0.0710. The van der Waals surface area contributed by atoms with Gasteiger partial charge in [0.2, 0.25) is 5.91 Å². The molecule has 0 bridgehead atoms. The van der Waals surface area contributed by atoms with Crippen molar-refractivity contribution in [3.63, 3.8) is 0 Å². The van der Waals surface area contributed by atoms with Crippen LogP contribution in [0, 0.1) is 11.3 Å². The summed E-state index contributed by atoms with van der Waals surface area (Å²) >= 11 is 0. The number of carbonyl (C=O) groups is 1. The normalized spacial score (nSPS) is 20.0. The number of amides is 1. The fourth-order valence-corrected chi connectivity index (χ4v) is 3.69. The third-order valence-electron chi connectivity index (χ3n) is 4.87. The van der Waals surface area contributed by atoms with Crippen LogP contribution in [0.3, 0.4) is 0 Å². The maximum absolute atomic E-state index is 12.4. The van der Waals surface area contributed by atoms with E-state index in [4.69, 9.17) is 5.26 Å². The van der Waals surface area contributed by atoms with E-state index < -0.39 is 0 Å². The van der Waals surface area contributed by atoms with Crippen LogP contribution in [0.1, 0.15) is 23.1 Å². The smallest absolute Gasteiger partial charge is 0.225 e. The first-order valence-electron chi connectivity index (χ1n) is 8.22. The van der Waals surface area contributed by atoms with Crippen molar-refractivity contribution in [3.8, 4) is 6.07 Å². The van der Waals surface area contributed by atoms with Crippen LogP contribution in [0.4, 0.5) is 5.82 Å². The zero-order valence-corrected chi connectivity index (χ0v) is 13.3. The van der Waals surface area contributed by atoms with Gasteiger partial charge in [0.05, 0.1) is 11.6 Å². The molecule has 1 fully saturated rings. The Hall–Kier alpha value is -2.87. The van der Waals surface area contributed by atoms with Crippen LogP contribution in [0.15, 0.2) is 42.6 Å². The van der Waals surface area contributed by atoms with Gasteiger partial charge in [-0.1, -0.05) is 24.3 Å². The molecule has 2 aliphatic rings. The number of nitrogens with one attached hydrogen (secondary N) is 1. The zero-order chi connectivity index (χ0) is 16.5. The Balaban J connectivity index is 1.41. The highest BCUT2D eigenvalue weighted by Gasteiger charge is 2.36. The SMILES string of the molecule is N#Cc1ccc(N[C@H]2CC(=O)N(C3Cc4ccccc4C3)C2)nc1. The van der Waals surface area contributed by atoms with Gasteiger partial charge >= 0.3 is 0 Å². The quantitative estimate of drug-likeness (QED) is 0.941. The van der Waals surface area contributed by atoms with E-state index >= 15 is 0 Å². The second kappa shape index (κ2) is 5.97. The first kappa shape index (κ1) is 14.7. The predicted octanol–water partition coefficient (Wildman–Crippen LogP) is 2.13. The van der Waals surface area contributed by atoms with Crippen LogP contribution in [0.25, 0.3) is 0 Å². The first-order valence-corrected chi connectivity index (χ1v) is 8.22. The summed E-state index contributed by atoms with van der Waals surface area (Å²) in [5, 5.41) is 12.1. The third kappa shape index (κ3) is 2.71. The lowest BCUT2D eigenvalue weighted by atomic mass is 10.1. The molecule has 0 saturated carbocycles. The summed E-state index contributed by atoms with van der Waals surface area (Å²) in [6.45, 7) is 0.708. The van der Waals surface area contributed by atoms with Crippen molar-refractivity contribution < 1.29 is 4.79 Å². The van der Waals surface area contributed by atoms with Gasteiger partial charge < -0.3 is 10.2 Å². The molecule has 24 heavy (non-hydrogen) atoms. The summed E-state index contributed by atoms with van der Waals surface area (Å²) in [4.78, 5) is 18.7. The maximum Gasteiger partial charge on any atom is 0.225 e. The summed E-state index contributed by atoms with van der Waals surface area (Å²) in [7, 11) is 0. The molecule has 1 aliphatic carbocycles. The van der Waals surface area contributed by atoms with E-state index in [1.807, 2.05) is 4.90 Å². The molecule has 1 aromatic heterocycles. The molecule has 1 amide bonds. The Labute approximate surface area is 140 Å². The lowest BCUT2D eigenvalue weighted by Gasteiger charge is -2.24. The molecule has 1 aromatic carbocycles. The number of pyridine rings is 1. The number of anilines is 1. The maximum atomic E-state index is 12.4. The number of nitriles is 1. The fraction of sp³-hybridized carbons (Fsp3) is 0.316. The lowest BCUT2D eigenvalue weighted by molar-refractivity contribution is -0.129. The third-order valence-corrected chi connectivity index (χ3v) is 4.87. The summed E-state index contributed by atoms with van der Waals surface area (Å²) in [6.07, 6.45) is 3.94. The zero-order valence-electron chi connectivity index (χ0n) is 13.3. The second-order valence-corrected chi connectivity index (χ2v) is 6.47. The summed E-state index contributed by atoms with van der Waals surface area (Å²) in [5.74, 6) is 0.919. The number of nitrogens with zero attached hydrogens (tertiary/aromatic N) is 3. The number of carbonyl (C=O) groups excluding carboxylic acids is 1. The monoisotopic (exact) mass is 318 g/mol. The highest BCUT2D eigenvalue weighted by molar-refractivity contribution is 5.80. The molecule has 1 aliphatic heterocycles. The topological polar surface area (TPSA) is 69.0 Å². The molecule has 1 saturated heterocycles. The number of fused-ring (bicyclic) bond motifs is 1. The summed E-state index contributed by atoms with van der Waals surface area (Å²) in [6, 6.07) is 14.4. The van der Waals surface area contributed by atoms with Crippen molar-refractivity contribution in [2.24, 2.45) is 0 Å². The van der Waals surface area contributed by atoms with E-state index in [-0.39, 0.29) is 18.0 Å². The Morgan fingerprint density at radius 3 is 2.50 bits per heavy atom. The highest BCUT2D eigenvalue weighted by Crippen LogP contribution is 2.28. The van der Waals surface area contributed by atoms with Crippen LogP contribution < -0.4 is 5.32 Å². The average molecular weight is 318 g/mol. The molecular weight excluding hydrogens is 300 g/mol. The Bertz CT molecular complexity index is 784. The molecule has 1 N–H and O–H groups in total. The highest BCUT2D eigenvalue weighted by atomic mass is 16.2. The summed E-state index contributed by atoms with van der Waals surface area (Å²) in [5.41, 5.74) is 3.26. The van der Waals surface area contributed by atoms with Crippen molar-refractivity contribution in [2.75, 3.05) is 11.9 Å². The van der Waals surface area contributed by atoms with Crippen molar-refractivity contribution in [3.05, 3.63) is 59.3 Å². The van der Waals surface area contributed by atoms with Crippen LogP contribution in [0.5, 0.6) is 0 Å². The van der Waals surface area contributed by atoms with Crippen molar-refractivity contribution in [1.82, 2.24) is 9.88 Å². The molecular formula is C19H18N4O. The molecule has 5 heteroatoms. The Morgan fingerprint density at radius 1 is 1.12 bits per heavy atom. The van der Waals surface area contributed by atoms with E-state index in [1.54, 1.807) is 18.3 Å². The van der Waals surface area contributed by atoms with E-state index in [0.717, 1.165) is 12.8 Å². The van der Waals surface area contributed by atoms with Gasteiger partial charge in [-0.3, -0.25) is 4.79 Å². The van der Waals surface area contributed by atoms with Crippen molar-refractivity contribution >= 4 is 11.7 Å². The number of rotatable bonds is 3. The molecule has 2 heterocycles. The molecule has 5 nitrogen and oxygen atoms in total. The Kier molecular flexibility index (Phi) is 3.66. The standard InChI is InChI=1S/C19H18N4O/c20-10-13-5-6-18(21-11-13)22-16-9-19(24)23(12-16)17-7-14-3-1-2-4-15(14)8-17/h1-6,11,16-17H,7-9,12H2,(H,21,22)/t16-/m0/s1. The number of hydrogen-bond acceptors (Lipinski definition) is 4. The van der Waals surface area contributed by atoms with Crippen LogP contribution in [-0.4, -0.2) is 34.4 Å². The average Bonchev–Trinajstić information content (AvgIpc) is 3.18. The van der Waals surface area contributed by atoms with E-state index in [9.17, 15) is 4.79 Å². The molecule has 0 unspecified atom stereocenters. The number of benzene rings is 1. The van der Waals surface area contributed by atoms with Crippen LogP contribution in [-0.2, 0) is 17.6 Å². The van der Waals surface area contributed by atoms with Crippen LogP contribution in [0.2, 0.25) is 0 Å². The van der Waals surface area contributed by atoms with Gasteiger partial charge in [-0.15, -0.1) is 0 Å². The van der Waals surface area contributed by atoms with E-state index in [1.165, 1.54) is 11.1 Å². The fourth-order valence-electron chi connectivity index (χ4n) is 3.69. The van der Waals surface area contributed by atoms with E-state index in [0.29, 0.717) is 24.3 Å². The number of likely N-dealkylation sites (tertiary alicyclic amines) is 1. The summed E-state index contributed by atoms with van der Waals surface area (Å²) < 4.78 is 0. The second-order valence-electron chi connectivity index (χ2n) is 6.47. The minimum atomic E-state index is 0.0710. The van der Waals surface area contributed by atoms with Gasteiger partial charge in [0.1, 0.15) is 11.9 Å². The Morgan fingerprint density at radius 2 is 1.88 bits per heavy atom. The molecule has 2 aromatic rings. The lowest BCUT2D eigenvalue weighted by Crippen LogP contribution is -2.38. The van der Waals surface area contributed by atoms with E-state index in [2.05, 4.69) is 40.6 Å². The largest absolute Gasteiger partial charge is 0.365 e.